The summed E-state index contributed by atoms with van der Waals surface area (Å²) < 4.78 is 17.9. The van der Waals surface area contributed by atoms with Crippen molar-refractivity contribution in [3.05, 3.63) is 60.2 Å². The number of rotatable bonds is 5. The maximum Gasteiger partial charge on any atom is 0.199 e. The lowest BCUT2D eigenvalue weighted by molar-refractivity contribution is -0.179. The van der Waals surface area contributed by atoms with E-state index in [2.05, 4.69) is 9.98 Å². The van der Waals surface area contributed by atoms with Crippen LogP contribution in [0.1, 0.15) is 18.9 Å². The number of hydrogen-bond donors (Lipinski definition) is 0. The van der Waals surface area contributed by atoms with Gasteiger partial charge in [-0.15, -0.1) is 0 Å². The third-order valence-corrected chi connectivity index (χ3v) is 4.37. The number of nitrogens with zero attached hydrogens (tertiary/aromatic N) is 2. The highest BCUT2D eigenvalue weighted by molar-refractivity contribution is 6.17. The van der Waals surface area contributed by atoms with Gasteiger partial charge in [-0.2, -0.15) is 0 Å². The van der Waals surface area contributed by atoms with Gasteiger partial charge in [-0.3, -0.25) is 9.98 Å². The van der Waals surface area contributed by atoms with E-state index in [4.69, 9.17) is 14.2 Å². The van der Waals surface area contributed by atoms with Crippen molar-refractivity contribution in [3.8, 4) is 11.5 Å². The second kappa shape index (κ2) is 6.43. The van der Waals surface area contributed by atoms with Crippen LogP contribution >= 0.6 is 0 Å². The molecule has 2 heterocycles. The van der Waals surface area contributed by atoms with Gasteiger partial charge in [0.25, 0.3) is 0 Å². The van der Waals surface area contributed by atoms with Crippen LogP contribution in [0.2, 0.25) is 0 Å². The maximum absolute atomic E-state index is 6.00. The first-order valence-corrected chi connectivity index (χ1v) is 8.38. The summed E-state index contributed by atoms with van der Waals surface area (Å²) in [5, 5.41) is 0. The summed E-state index contributed by atoms with van der Waals surface area (Å²) in [5.41, 5.74) is 0.396. The molecule has 5 heteroatoms. The van der Waals surface area contributed by atoms with E-state index in [1.54, 1.807) is 12.4 Å². The van der Waals surface area contributed by atoms with Gasteiger partial charge in [0.15, 0.2) is 11.4 Å². The first kappa shape index (κ1) is 16.0. The summed E-state index contributed by atoms with van der Waals surface area (Å²) >= 11 is 0. The molecule has 0 atom stereocenters. The Hall–Kier alpha value is -2.50. The van der Waals surface area contributed by atoms with Crippen molar-refractivity contribution in [2.24, 2.45) is 9.98 Å². The highest BCUT2D eigenvalue weighted by Gasteiger charge is 2.45. The summed E-state index contributed by atoms with van der Waals surface area (Å²) in [7, 11) is 0. The Morgan fingerprint density at radius 1 is 0.880 bits per heavy atom. The zero-order valence-corrected chi connectivity index (χ0v) is 14.1. The summed E-state index contributed by atoms with van der Waals surface area (Å²) in [6.45, 7) is 3.10. The number of para-hydroxylation sites is 1. The molecule has 0 radical (unpaired) electrons. The molecule has 4 rings (SSSR count). The Balaban J connectivity index is 1.56. The summed E-state index contributed by atoms with van der Waals surface area (Å²) in [4.78, 5) is 8.89. The molecule has 2 aromatic carbocycles. The zero-order chi connectivity index (χ0) is 17.2. The van der Waals surface area contributed by atoms with E-state index in [1.807, 2.05) is 61.5 Å². The fraction of sp³-hybridized carbons (Fsp3) is 0.300. The van der Waals surface area contributed by atoms with Crippen LogP contribution in [-0.2, 0) is 15.3 Å². The lowest BCUT2D eigenvalue weighted by Gasteiger charge is -2.33. The van der Waals surface area contributed by atoms with Crippen LogP contribution in [0.25, 0.3) is 0 Å². The highest BCUT2D eigenvalue weighted by atomic mass is 16.7. The lowest BCUT2D eigenvalue weighted by Crippen LogP contribution is -2.36. The van der Waals surface area contributed by atoms with Crippen molar-refractivity contribution < 1.29 is 14.2 Å². The second-order valence-electron chi connectivity index (χ2n) is 6.34. The van der Waals surface area contributed by atoms with E-state index in [0.29, 0.717) is 19.6 Å². The number of benzene rings is 2. The Morgan fingerprint density at radius 2 is 1.48 bits per heavy atom. The molecule has 1 saturated heterocycles. The molecule has 0 amide bonds. The van der Waals surface area contributed by atoms with Gasteiger partial charge in [0.2, 0.25) is 0 Å². The molecule has 2 aliphatic rings. The third-order valence-electron chi connectivity index (χ3n) is 4.37. The molecule has 2 aromatic rings. The molecule has 2 aliphatic heterocycles. The first-order valence-electron chi connectivity index (χ1n) is 8.38. The second-order valence-corrected chi connectivity index (χ2v) is 6.34. The molecule has 0 aromatic heterocycles. The summed E-state index contributed by atoms with van der Waals surface area (Å²) in [6, 6.07) is 17.5. The van der Waals surface area contributed by atoms with Crippen molar-refractivity contribution >= 4 is 12.4 Å². The molecule has 128 valence electrons. The van der Waals surface area contributed by atoms with Crippen molar-refractivity contribution in [3.63, 3.8) is 0 Å². The molecule has 0 saturated carbocycles. The van der Waals surface area contributed by atoms with Crippen LogP contribution in [0.15, 0.2) is 64.6 Å². The maximum atomic E-state index is 6.00. The normalized spacial score (nSPS) is 20.0. The van der Waals surface area contributed by atoms with Gasteiger partial charge in [0, 0.05) is 18.0 Å². The Labute approximate surface area is 147 Å². The van der Waals surface area contributed by atoms with Crippen LogP contribution in [0.5, 0.6) is 11.5 Å². The van der Waals surface area contributed by atoms with Crippen LogP contribution in [0, 0.1) is 0 Å². The molecule has 0 bridgehead atoms. The minimum absolute atomic E-state index is 0.534. The molecule has 0 unspecified atom stereocenters. The molecule has 1 fully saturated rings. The molecule has 5 nitrogen and oxygen atoms in total. The van der Waals surface area contributed by atoms with E-state index in [1.165, 1.54) is 0 Å². The van der Waals surface area contributed by atoms with E-state index in [0.717, 1.165) is 17.1 Å². The van der Waals surface area contributed by atoms with Gasteiger partial charge in [-0.1, -0.05) is 18.2 Å². The van der Waals surface area contributed by atoms with Crippen molar-refractivity contribution in [1.29, 1.82) is 0 Å². The van der Waals surface area contributed by atoms with E-state index in [-0.39, 0.29) is 0 Å². The van der Waals surface area contributed by atoms with Gasteiger partial charge < -0.3 is 14.2 Å². The van der Waals surface area contributed by atoms with Gasteiger partial charge in [0.05, 0.1) is 19.6 Å². The van der Waals surface area contributed by atoms with E-state index >= 15 is 0 Å². The van der Waals surface area contributed by atoms with Crippen molar-refractivity contribution in [2.75, 3.05) is 13.2 Å². The van der Waals surface area contributed by atoms with Crippen LogP contribution in [0.3, 0.4) is 0 Å². The minimum atomic E-state index is -0.820. The molecule has 0 spiro atoms. The Kier molecular flexibility index (Phi) is 4.11. The van der Waals surface area contributed by atoms with Crippen LogP contribution in [-0.4, -0.2) is 31.3 Å². The number of ether oxygens (including phenoxy) is 3. The van der Waals surface area contributed by atoms with Crippen molar-refractivity contribution in [1.82, 2.24) is 0 Å². The molecular formula is C20H20N2O3. The van der Waals surface area contributed by atoms with Crippen LogP contribution < -0.4 is 4.74 Å². The molecule has 0 N–H and O–H groups in total. The monoisotopic (exact) mass is 336 g/mol. The van der Waals surface area contributed by atoms with E-state index < -0.39 is 11.4 Å². The predicted octanol–water partition coefficient (Wildman–Crippen LogP) is 3.94. The zero-order valence-electron chi connectivity index (χ0n) is 14.1. The highest BCUT2D eigenvalue weighted by Crippen LogP contribution is 2.41. The van der Waals surface area contributed by atoms with Crippen molar-refractivity contribution in [2.45, 2.75) is 24.8 Å². The average Bonchev–Trinajstić information content (AvgIpc) is 3.27. The van der Waals surface area contributed by atoms with Gasteiger partial charge in [-0.25, -0.2) is 0 Å². The largest absolute Gasteiger partial charge is 0.457 e. The molecular weight excluding hydrogens is 316 g/mol. The summed E-state index contributed by atoms with van der Waals surface area (Å²) in [6.07, 6.45) is 3.98. The van der Waals surface area contributed by atoms with Gasteiger partial charge >= 0.3 is 0 Å². The number of aliphatic imine (C=N–C) groups is 2. The predicted molar refractivity (Wildman–Crippen MR) is 96.5 cm³/mol. The fourth-order valence-corrected chi connectivity index (χ4v) is 3.18. The standard InChI is InChI=1S/C20H20N2O3/c1-19(21-11-12-22-19)15-20(23-13-14-24-20)16-7-9-18(10-8-16)25-17-5-3-2-4-6-17/h2-12H,13-15H2,1H3. The van der Waals surface area contributed by atoms with Crippen LogP contribution in [0.4, 0.5) is 0 Å². The fourth-order valence-electron chi connectivity index (χ4n) is 3.18. The average molecular weight is 336 g/mol. The molecule has 0 aliphatic carbocycles. The quantitative estimate of drug-likeness (QED) is 0.831. The Morgan fingerprint density at radius 3 is 2.12 bits per heavy atom. The topological polar surface area (TPSA) is 52.4 Å². The first-order chi connectivity index (χ1) is 12.2. The Bertz CT molecular complexity index is 766. The van der Waals surface area contributed by atoms with E-state index in [9.17, 15) is 0 Å². The minimum Gasteiger partial charge on any atom is -0.457 e. The molecule has 25 heavy (non-hydrogen) atoms. The summed E-state index contributed by atoms with van der Waals surface area (Å²) in [5.74, 6) is 0.755. The SMILES string of the molecule is CC1(CC2(c3ccc(Oc4ccccc4)cc3)OCCO2)N=CC=N1. The lowest BCUT2D eigenvalue weighted by atomic mass is 9.95. The smallest absolute Gasteiger partial charge is 0.199 e. The van der Waals surface area contributed by atoms with Gasteiger partial charge in [-0.05, 0) is 43.3 Å². The van der Waals surface area contributed by atoms with Gasteiger partial charge in [0.1, 0.15) is 11.5 Å². The third kappa shape index (κ3) is 3.34. The number of hydrogen-bond acceptors (Lipinski definition) is 5.